The second-order valence-electron chi connectivity index (χ2n) is 6.90. The molecule has 0 aliphatic carbocycles. The number of nitrogens with zero attached hydrogens (tertiary/aromatic N) is 2. The second-order valence-corrected chi connectivity index (χ2v) is 7.90. The number of aryl methyl sites for hydroxylation is 3. The molecule has 4 rings (SSSR count). The third-order valence-electron chi connectivity index (χ3n) is 4.97. The van der Waals surface area contributed by atoms with E-state index in [1.165, 1.54) is 5.56 Å². The van der Waals surface area contributed by atoms with Crippen molar-refractivity contribution >= 4 is 32.6 Å². The Bertz CT molecular complexity index is 1080. The third kappa shape index (κ3) is 3.85. The number of furan rings is 1. The van der Waals surface area contributed by atoms with Crippen LogP contribution in [0.1, 0.15) is 28.9 Å². The van der Waals surface area contributed by atoms with Crippen LogP contribution in [-0.4, -0.2) is 10.9 Å². The molecule has 2 heterocycles. The van der Waals surface area contributed by atoms with Crippen LogP contribution in [0.15, 0.2) is 65.3 Å². The fourth-order valence-electron chi connectivity index (χ4n) is 3.18. The zero-order valence-corrected chi connectivity index (χ0v) is 16.8. The maximum atomic E-state index is 13.1. The highest BCUT2D eigenvalue weighted by Gasteiger charge is 2.21. The summed E-state index contributed by atoms with van der Waals surface area (Å²) < 4.78 is 6.59. The molecule has 0 fully saturated rings. The third-order valence-corrected chi connectivity index (χ3v) is 6.01. The summed E-state index contributed by atoms with van der Waals surface area (Å²) >= 11 is 1.55. The summed E-state index contributed by atoms with van der Waals surface area (Å²) in [5, 5.41) is 0.721. The highest BCUT2D eigenvalue weighted by molar-refractivity contribution is 7.22. The lowest BCUT2D eigenvalue weighted by molar-refractivity contribution is -0.118. The van der Waals surface area contributed by atoms with Crippen molar-refractivity contribution in [2.24, 2.45) is 0 Å². The highest BCUT2D eigenvalue weighted by Crippen LogP contribution is 2.33. The molecule has 0 unspecified atom stereocenters. The molecule has 0 N–H and O–H groups in total. The number of benzene rings is 2. The van der Waals surface area contributed by atoms with Crippen LogP contribution in [0.2, 0.25) is 0 Å². The standard InChI is InChI=1S/C23H22N2O2S/c1-16-10-12-20-22(17(16)2)24-23(28-20)25(15-19-9-6-14-27-19)21(26)13-11-18-7-4-3-5-8-18/h3-10,12,14H,11,13,15H2,1-2H3. The highest BCUT2D eigenvalue weighted by atomic mass is 32.1. The second kappa shape index (κ2) is 7.98. The van der Waals surface area contributed by atoms with Crippen LogP contribution in [0.5, 0.6) is 0 Å². The molecule has 2 aromatic heterocycles. The molecule has 0 radical (unpaired) electrons. The molecule has 142 valence electrons. The van der Waals surface area contributed by atoms with Crippen molar-refractivity contribution in [3.05, 3.63) is 83.3 Å². The van der Waals surface area contributed by atoms with E-state index in [9.17, 15) is 4.79 Å². The number of rotatable bonds is 6. The Morgan fingerprint density at radius 3 is 2.64 bits per heavy atom. The number of carbonyl (C=O) groups excluding carboxylic acids is 1. The number of thiazole rings is 1. The van der Waals surface area contributed by atoms with Crippen molar-refractivity contribution in [1.82, 2.24) is 4.98 Å². The Hall–Kier alpha value is -2.92. The van der Waals surface area contributed by atoms with E-state index < -0.39 is 0 Å². The number of anilines is 1. The van der Waals surface area contributed by atoms with Gasteiger partial charge in [-0.3, -0.25) is 9.69 Å². The smallest absolute Gasteiger partial charge is 0.229 e. The molecule has 0 spiro atoms. The first-order chi connectivity index (χ1) is 13.6. The maximum absolute atomic E-state index is 13.1. The topological polar surface area (TPSA) is 46.3 Å². The molecular formula is C23H22N2O2S. The zero-order chi connectivity index (χ0) is 19.5. The van der Waals surface area contributed by atoms with Crippen LogP contribution in [0.3, 0.4) is 0 Å². The molecule has 0 saturated heterocycles. The molecule has 5 heteroatoms. The van der Waals surface area contributed by atoms with E-state index in [4.69, 9.17) is 9.40 Å². The number of hydrogen-bond acceptors (Lipinski definition) is 4. The summed E-state index contributed by atoms with van der Waals surface area (Å²) in [6.45, 7) is 4.55. The van der Waals surface area contributed by atoms with Crippen LogP contribution in [0, 0.1) is 13.8 Å². The van der Waals surface area contributed by atoms with E-state index in [0.717, 1.165) is 32.2 Å². The Kier molecular flexibility index (Phi) is 5.26. The van der Waals surface area contributed by atoms with Crippen molar-refractivity contribution < 1.29 is 9.21 Å². The minimum absolute atomic E-state index is 0.0497. The van der Waals surface area contributed by atoms with E-state index in [1.807, 2.05) is 42.5 Å². The number of fused-ring (bicyclic) bond motifs is 1. The predicted octanol–water partition coefficient (Wildman–Crippen LogP) is 5.67. The lowest BCUT2D eigenvalue weighted by atomic mass is 10.1. The minimum Gasteiger partial charge on any atom is -0.467 e. The quantitative estimate of drug-likeness (QED) is 0.426. The summed E-state index contributed by atoms with van der Waals surface area (Å²) in [6, 6.07) is 18.0. The van der Waals surface area contributed by atoms with Crippen LogP contribution < -0.4 is 4.90 Å². The normalized spacial score (nSPS) is 11.1. The summed E-state index contributed by atoms with van der Waals surface area (Å²) in [5.74, 6) is 0.800. The average Bonchev–Trinajstić information content (AvgIpc) is 3.38. The van der Waals surface area contributed by atoms with E-state index in [-0.39, 0.29) is 5.91 Å². The van der Waals surface area contributed by atoms with Crippen molar-refractivity contribution in [2.45, 2.75) is 33.2 Å². The van der Waals surface area contributed by atoms with Crippen LogP contribution in [0.4, 0.5) is 5.13 Å². The predicted molar refractivity (Wildman–Crippen MR) is 114 cm³/mol. The van der Waals surface area contributed by atoms with Gasteiger partial charge in [0.1, 0.15) is 5.76 Å². The monoisotopic (exact) mass is 390 g/mol. The van der Waals surface area contributed by atoms with Gasteiger partial charge in [0, 0.05) is 6.42 Å². The van der Waals surface area contributed by atoms with Crippen molar-refractivity contribution in [3.63, 3.8) is 0 Å². The van der Waals surface area contributed by atoms with Gasteiger partial charge >= 0.3 is 0 Å². The van der Waals surface area contributed by atoms with Gasteiger partial charge in [-0.25, -0.2) is 4.98 Å². The van der Waals surface area contributed by atoms with Gasteiger partial charge in [-0.05, 0) is 55.2 Å². The fourth-order valence-corrected chi connectivity index (χ4v) is 4.22. The van der Waals surface area contributed by atoms with Crippen LogP contribution in [-0.2, 0) is 17.8 Å². The van der Waals surface area contributed by atoms with E-state index in [1.54, 1.807) is 22.5 Å². The van der Waals surface area contributed by atoms with Gasteiger partial charge in [-0.15, -0.1) is 0 Å². The Balaban J connectivity index is 1.63. The van der Waals surface area contributed by atoms with Gasteiger partial charge in [0.15, 0.2) is 5.13 Å². The lowest BCUT2D eigenvalue weighted by Gasteiger charge is -2.18. The summed E-state index contributed by atoms with van der Waals surface area (Å²) in [5.41, 5.74) is 4.50. The molecule has 2 aromatic carbocycles. The molecule has 4 nitrogen and oxygen atoms in total. The van der Waals surface area contributed by atoms with Crippen LogP contribution >= 0.6 is 11.3 Å². The van der Waals surface area contributed by atoms with Gasteiger partial charge in [0.05, 0.1) is 23.0 Å². The maximum Gasteiger partial charge on any atom is 0.229 e. The summed E-state index contributed by atoms with van der Waals surface area (Å²) in [4.78, 5) is 19.7. The molecule has 0 aliphatic heterocycles. The van der Waals surface area contributed by atoms with Gasteiger partial charge < -0.3 is 4.42 Å². The lowest BCUT2D eigenvalue weighted by Crippen LogP contribution is -2.30. The first-order valence-corrected chi connectivity index (χ1v) is 10.2. The fraction of sp³-hybridized carbons (Fsp3) is 0.217. The summed E-state index contributed by atoms with van der Waals surface area (Å²) in [6.07, 6.45) is 2.77. The first-order valence-electron chi connectivity index (χ1n) is 9.35. The molecule has 0 aliphatic rings. The number of amides is 1. The molecule has 4 aromatic rings. The van der Waals surface area contributed by atoms with Gasteiger partial charge in [0.25, 0.3) is 0 Å². The first kappa shape index (κ1) is 18.4. The van der Waals surface area contributed by atoms with Crippen molar-refractivity contribution in [2.75, 3.05) is 4.90 Å². The van der Waals surface area contributed by atoms with Gasteiger partial charge in [-0.1, -0.05) is 47.7 Å². The Morgan fingerprint density at radius 1 is 1.07 bits per heavy atom. The molecule has 0 bridgehead atoms. The molecule has 1 amide bonds. The van der Waals surface area contributed by atoms with Crippen LogP contribution in [0.25, 0.3) is 10.2 Å². The minimum atomic E-state index is 0.0497. The Labute approximate surface area is 168 Å². The van der Waals surface area contributed by atoms with E-state index in [0.29, 0.717) is 19.4 Å². The largest absolute Gasteiger partial charge is 0.467 e. The average molecular weight is 391 g/mol. The molecular weight excluding hydrogens is 368 g/mol. The number of aromatic nitrogens is 1. The summed E-state index contributed by atoms with van der Waals surface area (Å²) in [7, 11) is 0. The molecule has 0 atom stereocenters. The van der Waals surface area contributed by atoms with E-state index >= 15 is 0 Å². The van der Waals surface area contributed by atoms with Crippen molar-refractivity contribution in [3.8, 4) is 0 Å². The number of hydrogen-bond donors (Lipinski definition) is 0. The number of carbonyl (C=O) groups is 1. The van der Waals surface area contributed by atoms with Gasteiger partial charge in [0.2, 0.25) is 5.91 Å². The SMILES string of the molecule is Cc1ccc2sc(N(Cc3ccco3)C(=O)CCc3ccccc3)nc2c1C. The van der Waals surface area contributed by atoms with E-state index in [2.05, 4.69) is 26.0 Å². The zero-order valence-electron chi connectivity index (χ0n) is 16.0. The Morgan fingerprint density at radius 2 is 1.89 bits per heavy atom. The molecule has 28 heavy (non-hydrogen) atoms. The molecule has 0 saturated carbocycles. The van der Waals surface area contributed by atoms with Gasteiger partial charge in [-0.2, -0.15) is 0 Å². The van der Waals surface area contributed by atoms with Crippen molar-refractivity contribution in [1.29, 1.82) is 0 Å².